The number of nitrogen functional groups attached to an aromatic ring is 2. The summed E-state index contributed by atoms with van der Waals surface area (Å²) in [6, 6.07) is 0. The van der Waals surface area contributed by atoms with Gasteiger partial charge < -0.3 is 11.5 Å². The maximum absolute atomic E-state index is 11.9. The molecule has 0 aliphatic heterocycles. The molecule has 0 aliphatic carbocycles. The fourth-order valence-corrected chi connectivity index (χ4v) is 1.69. The van der Waals surface area contributed by atoms with Crippen LogP contribution in [0, 0.1) is 0 Å². The van der Waals surface area contributed by atoms with Crippen molar-refractivity contribution in [2.24, 2.45) is 0 Å². The number of aromatic nitrogens is 4. The van der Waals surface area contributed by atoms with Gasteiger partial charge in [-0.15, -0.1) is 0 Å². The third-order valence-corrected chi connectivity index (χ3v) is 2.43. The first-order valence-corrected chi connectivity index (χ1v) is 4.36. The maximum Gasteiger partial charge on any atom is 0.284 e. The molecular weight excluding hydrogens is 212 g/mol. The van der Waals surface area contributed by atoms with Gasteiger partial charge in [-0.1, -0.05) is 0 Å². The minimum atomic E-state index is -0.464. The molecule has 3 aromatic heterocycles. The number of nitrogens with two attached hydrogens (primary N) is 2. The van der Waals surface area contributed by atoms with E-state index in [-0.39, 0.29) is 22.7 Å². The van der Waals surface area contributed by atoms with E-state index in [1.54, 1.807) is 0 Å². The van der Waals surface area contributed by atoms with Crippen molar-refractivity contribution >= 4 is 22.7 Å². The Morgan fingerprint density at radius 3 is 1.62 bits per heavy atom. The molecule has 16 heavy (non-hydrogen) atoms. The molecule has 0 amide bonds. The molecule has 4 N–H and O–H groups in total. The number of anilines is 2. The Labute approximate surface area is 87.1 Å². The molecule has 3 rings (SSSR count). The molecule has 0 bridgehead atoms. The minimum Gasteiger partial charge on any atom is -0.382 e. The predicted octanol–water partition coefficient (Wildman–Crippen LogP) is -1.70. The highest BCUT2D eigenvalue weighted by Gasteiger charge is 2.16. The number of imidazole rings is 2. The Bertz CT molecular complexity index is 746. The third-order valence-electron chi connectivity index (χ3n) is 2.43. The van der Waals surface area contributed by atoms with E-state index in [1.165, 1.54) is 12.7 Å². The van der Waals surface area contributed by atoms with Crippen LogP contribution in [0.15, 0.2) is 22.2 Å². The Morgan fingerprint density at radius 1 is 0.875 bits per heavy atom. The van der Waals surface area contributed by atoms with Crippen LogP contribution >= 0.6 is 0 Å². The van der Waals surface area contributed by atoms with Gasteiger partial charge in [-0.3, -0.25) is 18.4 Å². The molecule has 8 nitrogen and oxygen atoms in total. The molecule has 0 aromatic carbocycles. The van der Waals surface area contributed by atoms with E-state index < -0.39 is 11.1 Å². The topological polar surface area (TPSA) is 121 Å². The average Bonchev–Trinajstić information content (AvgIpc) is 2.80. The second-order valence-electron chi connectivity index (χ2n) is 3.31. The van der Waals surface area contributed by atoms with Crippen LogP contribution in [0.2, 0.25) is 0 Å². The van der Waals surface area contributed by atoms with E-state index in [1.807, 2.05) is 0 Å². The average molecular weight is 218 g/mol. The van der Waals surface area contributed by atoms with Crippen molar-refractivity contribution in [1.29, 1.82) is 0 Å². The highest BCUT2D eigenvalue weighted by atomic mass is 16.1. The Kier molecular flexibility index (Phi) is 1.34. The van der Waals surface area contributed by atoms with E-state index in [0.29, 0.717) is 0 Å². The summed E-state index contributed by atoms with van der Waals surface area (Å²) in [4.78, 5) is 31.3. The van der Waals surface area contributed by atoms with Gasteiger partial charge in [0.2, 0.25) is 0 Å². The highest BCUT2D eigenvalue weighted by Crippen LogP contribution is 2.08. The van der Waals surface area contributed by atoms with Gasteiger partial charge in [-0.2, -0.15) is 0 Å². The van der Waals surface area contributed by atoms with Crippen molar-refractivity contribution in [3.63, 3.8) is 0 Å². The second-order valence-corrected chi connectivity index (χ2v) is 3.31. The monoisotopic (exact) mass is 218 g/mol. The van der Waals surface area contributed by atoms with Crippen molar-refractivity contribution in [3.8, 4) is 0 Å². The van der Waals surface area contributed by atoms with Crippen LogP contribution in [-0.2, 0) is 0 Å². The summed E-state index contributed by atoms with van der Waals surface area (Å²) in [5.74, 6) is 0.0209. The van der Waals surface area contributed by atoms with Crippen LogP contribution in [-0.4, -0.2) is 18.8 Å². The van der Waals surface area contributed by atoms with E-state index in [4.69, 9.17) is 11.5 Å². The summed E-state index contributed by atoms with van der Waals surface area (Å²) < 4.78 is 2.15. The van der Waals surface area contributed by atoms with Crippen molar-refractivity contribution in [3.05, 3.63) is 33.4 Å². The first-order valence-electron chi connectivity index (χ1n) is 4.36. The Balaban J connectivity index is 2.83. The number of fused-ring (bicyclic) bond motifs is 2. The van der Waals surface area contributed by atoms with Crippen LogP contribution in [0.5, 0.6) is 0 Å². The summed E-state index contributed by atoms with van der Waals surface area (Å²) >= 11 is 0. The zero-order valence-corrected chi connectivity index (χ0v) is 7.91. The number of hydrogen-bond acceptors (Lipinski definition) is 6. The molecule has 0 fully saturated rings. The molecule has 80 valence electrons. The van der Waals surface area contributed by atoms with Crippen molar-refractivity contribution < 1.29 is 0 Å². The molecular formula is C8H6N6O2. The Hall–Kier alpha value is -2.64. The van der Waals surface area contributed by atoms with E-state index in [9.17, 15) is 9.59 Å². The summed E-state index contributed by atoms with van der Waals surface area (Å²) in [6.07, 6.45) is 2.39. The van der Waals surface area contributed by atoms with Crippen LogP contribution in [0.3, 0.4) is 0 Å². The molecule has 3 heterocycles. The number of nitrogens with zero attached hydrogens (tertiary/aromatic N) is 4. The van der Waals surface area contributed by atoms with E-state index >= 15 is 0 Å². The van der Waals surface area contributed by atoms with E-state index in [0.717, 1.165) is 8.80 Å². The highest BCUT2D eigenvalue weighted by molar-refractivity contribution is 5.71. The summed E-state index contributed by atoms with van der Waals surface area (Å²) in [6.45, 7) is 0. The lowest BCUT2D eigenvalue weighted by atomic mass is 10.4. The molecule has 0 unspecified atom stereocenters. The third kappa shape index (κ3) is 0.787. The van der Waals surface area contributed by atoms with Crippen LogP contribution in [0.25, 0.3) is 11.0 Å². The molecule has 0 radical (unpaired) electrons. The minimum absolute atomic E-state index is 0.0104. The normalized spacial score (nSPS) is 11.5. The Morgan fingerprint density at radius 2 is 1.25 bits per heavy atom. The van der Waals surface area contributed by atoms with Gasteiger partial charge in [0.15, 0.2) is 22.7 Å². The maximum atomic E-state index is 11.9. The quantitative estimate of drug-likeness (QED) is 0.464. The molecule has 8 heteroatoms. The van der Waals surface area contributed by atoms with Crippen LogP contribution in [0.4, 0.5) is 11.6 Å². The van der Waals surface area contributed by atoms with Gasteiger partial charge in [0.1, 0.15) is 12.7 Å². The first-order chi connectivity index (χ1) is 7.61. The molecule has 0 saturated heterocycles. The van der Waals surface area contributed by atoms with Crippen LogP contribution < -0.4 is 22.6 Å². The molecule has 0 atom stereocenters. The predicted molar refractivity (Wildman–Crippen MR) is 56.5 cm³/mol. The lowest BCUT2D eigenvalue weighted by Crippen LogP contribution is -2.25. The fourth-order valence-electron chi connectivity index (χ4n) is 1.69. The largest absolute Gasteiger partial charge is 0.382 e. The smallest absolute Gasteiger partial charge is 0.284 e. The summed E-state index contributed by atoms with van der Waals surface area (Å²) in [7, 11) is 0. The zero-order chi connectivity index (χ0) is 11.4. The van der Waals surface area contributed by atoms with E-state index in [2.05, 4.69) is 9.97 Å². The van der Waals surface area contributed by atoms with Crippen LogP contribution in [0.1, 0.15) is 0 Å². The van der Waals surface area contributed by atoms with Crippen molar-refractivity contribution in [2.75, 3.05) is 11.5 Å². The molecule has 3 aromatic rings. The molecule has 0 spiro atoms. The summed E-state index contributed by atoms with van der Waals surface area (Å²) in [5.41, 5.74) is 10.2. The van der Waals surface area contributed by atoms with Gasteiger partial charge in [-0.05, 0) is 0 Å². The zero-order valence-electron chi connectivity index (χ0n) is 7.91. The van der Waals surface area contributed by atoms with Gasteiger partial charge >= 0.3 is 0 Å². The molecule has 0 saturated carbocycles. The lowest BCUT2D eigenvalue weighted by molar-refractivity contribution is 1.01. The second kappa shape index (κ2) is 2.48. The number of rotatable bonds is 0. The first kappa shape index (κ1) is 8.65. The van der Waals surface area contributed by atoms with Gasteiger partial charge in [0, 0.05) is 0 Å². The fraction of sp³-hybridized carbons (Fsp3) is 0. The van der Waals surface area contributed by atoms with Crippen molar-refractivity contribution in [2.45, 2.75) is 0 Å². The number of hydrogen-bond donors (Lipinski definition) is 2. The molecule has 0 aliphatic rings. The standard InChI is InChI=1S/C8H6N6O2/c9-5-3-8(16)14-2-12-6(10)4(14)7(15)13(3)1-11-5/h1-2H,9-10H2. The van der Waals surface area contributed by atoms with Gasteiger partial charge in [0.05, 0.1) is 0 Å². The summed E-state index contributed by atoms with van der Waals surface area (Å²) in [5, 5.41) is 0. The van der Waals surface area contributed by atoms with Gasteiger partial charge in [0.25, 0.3) is 11.1 Å². The SMILES string of the molecule is Nc1ncn2c(=O)c3c(N)ncn3c(=O)c12. The van der Waals surface area contributed by atoms with Gasteiger partial charge in [-0.25, -0.2) is 9.97 Å². The van der Waals surface area contributed by atoms with Crippen molar-refractivity contribution in [1.82, 2.24) is 18.8 Å². The lowest BCUT2D eigenvalue weighted by Gasteiger charge is -1.95.